The fourth-order valence-corrected chi connectivity index (χ4v) is 2.90. The van der Waals surface area contributed by atoms with Crippen molar-refractivity contribution in [3.63, 3.8) is 0 Å². The molecule has 1 amide bonds. The molecular formula is C15H17N3OS. The van der Waals surface area contributed by atoms with E-state index in [9.17, 15) is 4.79 Å². The van der Waals surface area contributed by atoms with Crippen LogP contribution in [0.5, 0.6) is 0 Å². The Balaban J connectivity index is 1.56. The highest BCUT2D eigenvalue weighted by Gasteiger charge is 2.18. The Morgan fingerprint density at radius 2 is 2.15 bits per heavy atom. The van der Waals surface area contributed by atoms with Crippen LogP contribution in [0.3, 0.4) is 0 Å². The zero-order valence-corrected chi connectivity index (χ0v) is 12.0. The molecule has 0 spiro atoms. The molecule has 1 fully saturated rings. The van der Waals surface area contributed by atoms with E-state index >= 15 is 0 Å². The van der Waals surface area contributed by atoms with Gasteiger partial charge in [0, 0.05) is 37.4 Å². The normalized spacial score (nSPS) is 14.8. The van der Waals surface area contributed by atoms with Gasteiger partial charge in [-0.15, -0.1) is 11.3 Å². The average molecular weight is 287 g/mol. The molecule has 1 aromatic heterocycles. The highest BCUT2D eigenvalue weighted by atomic mass is 32.1. The van der Waals surface area contributed by atoms with Gasteiger partial charge in [0.05, 0.1) is 5.01 Å². The van der Waals surface area contributed by atoms with Crippen molar-refractivity contribution in [1.29, 1.82) is 0 Å². The maximum absolute atomic E-state index is 12.0. The van der Waals surface area contributed by atoms with Gasteiger partial charge in [-0.25, -0.2) is 4.98 Å². The fraction of sp³-hybridized carbons (Fsp3) is 0.333. The third kappa shape index (κ3) is 3.23. The van der Waals surface area contributed by atoms with Crippen molar-refractivity contribution < 1.29 is 4.79 Å². The summed E-state index contributed by atoms with van der Waals surface area (Å²) in [6.45, 7) is 2.73. The van der Waals surface area contributed by atoms with E-state index in [1.54, 1.807) is 11.3 Å². The maximum Gasteiger partial charge on any atom is 0.270 e. The monoisotopic (exact) mass is 287 g/mol. The molecule has 0 saturated carbocycles. The molecule has 0 radical (unpaired) electrons. The van der Waals surface area contributed by atoms with Gasteiger partial charge in [0.15, 0.2) is 0 Å². The largest absolute Gasteiger partial charge is 0.350 e. The summed E-state index contributed by atoms with van der Waals surface area (Å²) in [5.74, 6) is 0.508. The van der Waals surface area contributed by atoms with Crippen LogP contribution in [0.4, 0.5) is 0 Å². The molecule has 0 aliphatic carbocycles. The minimum Gasteiger partial charge on any atom is -0.350 e. The number of rotatable bonds is 5. The van der Waals surface area contributed by atoms with Crippen LogP contribution < -0.4 is 10.6 Å². The van der Waals surface area contributed by atoms with Crippen molar-refractivity contribution in [1.82, 2.24) is 15.6 Å². The van der Waals surface area contributed by atoms with Crippen LogP contribution in [0, 0.1) is 5.92 Å². The minimum atomic E-state index is -0.0625. The van der Waals surface area contributed by atoms with E-state index in [1.165, 1.54) is 5.56 Å². The van der Waals surface area contributed by atoms with Crippen molar-refractivity contribution in [3.8, 4) is 0 Å². The highest BCUT2D eigenvalue weighted by Crippen LogP contribution is 2.14. The van der Waals surface area contributed by atoms with Crippen LogP contribution in [0.15, 0.2) is 35.7 Å². The van der Waals surface area contributed by atoms with Gasteiger partial charge in [0.25, 0.3) is 5.91 Å². The van der Waals surface area contributed by atoms with E-state index in [0.29, 0.717) is 11.6 Å². The fourth-order valence-electron chi connectivity index (χ4n) is 2.09. The van der Waals surface area contributed by atoms with Crippen LogP contribution >= 0.6 is 11.3 Å². The van der Waals surface area contributed by atoms with E-state index < -0.39 is 0 Å². The number of hydrogen-bond acceptors (Lipinski definition) is 4. The van der Waals surface area contributed by atoms with Gasteiger partial charge < -0.3 is 10.6 Å². The Kier molecular flexibility index (Phi) is 4.08. The second kappa shape index (κ2) is 6.15. The Labute approximate surface area is 122 Å². The van der Waals surface area contributed by atoms with E-state index in [1.807, 2.05) is 23.6 Å². The smallest absolute Gasteiger partial charge is 0.270 e. The topological polar surface area (TPSA) is 54.0 Å². The molecule has 4 nitrogen and oxygen atoms in total. The van der Waals surface area contributed by atoms with Crippen molar-refractivity contribution in [2.24, 2.45) is 5.92 Å². The molecule has 1 aromatic carbocycles. The second-order valence-electron chi connectivity index (χ2n) is 5.02. The first-order valence-electron chi connectivity index (χ1n) is 6.78. The summed E-state index contributed by atoms with van der Waals surface area (Å²) in [5, 5.41) is 8.95. The number of nitrogens with one attached hydrogen (secondary N) is 2. The van der Waals surface area contributed by atoms with Crippen LogP contribution in [0.25, 0.3) is 0 Å². The molecule has 1 saturated heterocycles. The molecule has 0 bridgehead atoms. The van der Waals surface area contributed by atoms with Crippen molar-refractivity contribution in [2.45, 2.75) is 6.42 Å². The lowest BCUT2D eigenvalue weighted by Crippen LogP contribution is -2.48. The SMILES string of the molecule is O=C(NCC1CNC1)c1csc(Cc2ccccc2)n1. The van der Waals surface area contributed by atoms with E-state index in [0.717, 1.165) is 31.1 Å². The number of amides is 1. The minimum absolute atomic E-state index is 0.0625. The lowest BCUT2D eigenvalue weighted by molar-refractivity contribution is 0.0937. The molecule has 0 atom stereocenters. The lowest BCUT2D eigenvalue weighted by Gasteiger charge is -2.26. The van der Waals surface area contributed by atoms with Crippen molar-refractivity contribution in [2.75, 3.05) is 19.6 Å². The summed E-state index contributed by atoms with van der Waals surface area (Å²) in [7, 11) is 0. The molecular weight excluding hydrogens is 270 g/mol. The van der Waals surface area contributed by atoms with Crippen molar-refractivity contribution >= 4 is 17.2 Å². The highest BCUT2D eigenvalue weighted by molar-refractivity contribution is 7.09. The van der Waals surface area contributed by atoms with Gasteiger partial charge in [0.1, 0.15) is 5.69 Å². The zero-order chi connectivity index (χ0) is 13.8. The Morgan fingerprint density at radius 1 is 1.35 bits per heavy atom. The van der Waals surface area contributed by atoms with Crippen LogP contribution in [-0.2, 0) is 6.42 Å². The lowest BCUT2D eigenvalue weighted by atomic mass is 10.0. The third-order valence-electron chi connectivity index (χ3n) is 3.40. The zero-order valence-electron chi connectivity index (χ0n) is 11.1. The van der Waals surface area contributed by atoms with Gasteiger partial charge in [-0.05, 0) is 5.56 Å². The first-order valence-corrected chi connectivity index (χ1v) is 7.66. The number of carbonyl (C=O) groups is 1. The summed E-state index contributed by atoms with van der Waals surface area (Å²) in [6.07, 6.45) is 0.783. The van der Waals surface area contributed by atoms with Gasteiger partial charge in [-0.3, -0.25) is 4.79 Å². The number of carbonyl (C=O) groups excluding carboxylic acids is 1. The molecule has 2 N–H and O–H groups in total. The molecule has 104 valence electrons. The van der Waals surface area contributed by atoms with Crippen LogP contribution in [0.2, 0.25) is 0 Å². The molecule has 3 rings (SSSR count). The van der Waals surface area contributed by atoms with Gasteiger partial charge in [0.2, 0.25) is 0 Å². The average Bonchev–Trinajstić information content (AvgIpc) is 2.86. The van der Waals surface area contributed by atoms with E-state index in [2.05, 4.69) is 27.8 Å². The predicted molar refractivity (Wildman–Crippen MR) is 80.1 cm³/mol. The number of nitrogens with zero attached hydrogens (tertiary/aromatic N) is 1. The van der Waals surface area contributed by atoms with Gasteiger partial charge >= 0.3 is 0 Å². The number of benzene rings is 1. The number of thiazole rings is 1. The molecule has 5 heteroatoms. The van der Waals surface area contributed by atoms with E-state index in [4.69, 9.17) is 0 Å². The molecule has 1 aliphatic rings. The molecule has 2 aromatic rings. The Hall–Kier alpha value is -1.72. The first-order chi connectivity index (χ1) is 9.81. The van der Waals surface area contributed by atoms with Crippen molar-refractivity contribution in [3.05, 3.63) is 52.0 Å². The molecule has 20 heavy (non-hydrogen) atoms. The predicted octanol–water partition coefficient (Wildman–Crippen LogP) is 1.68. The third-order valence-corrected chi connectivity index (χ3v) is 4.25. The summed E-state index contributed by atoms with van der Waals surface area (Å²) in [4.78, 5) is 16.4. The summed E-state index contributed by atoms with van der Waals surface area (Å²) < 4.78 is 0. The molecule has 1 aliphatic heterocycles. The first kappa shape index (κ1) is 13.3. The van der Waals surface area contributed by atoms with E-state index in [-0.39, 0.29) is 5.91 Å². The van der Waals surface area contributed by atoms with Gasteiger partial charge in [-0.1, -0.05) is 30.3 Å². The summed E-state index contributed by atoms with van der Waals surface area (Å²) in [5.41, 5.74) is 1.75. The Morgan fingerprint density at radius 3 is 2.85 bits per heavy atom. The molecule has 2 heterocycles. The van der Waals surface area contributed by atoms with Crippen LogP contribution in [-0.4, -0.2) is 30.5 Å². The van der Waals surface area contributed by atoms with Gasteiger partial charge in [-0.2, -0.15) is 0 Å². The number of hydrogen-bond donors (Lipinski definition) is 2. The Bertz CT molecular complexity index is 578. The maximum atomic E-state index is 12.0. The standard InChI is InChI=1S/C15H17N3OS/c19-15(17-9-12-7-16-8-12)13-10-20-14(18-13)6-11-4-2-1-3-5-11/h1-5,10,12,16H,6-9H2,(H,17,19). The summed E-state index contributed by atoms with van der Waals surface area (Å²) in [6, 6.07) is 10.2. The number of aromatic nitrogens is 1. The van der Waals surface area contributed by atoms with Crippen LogP contribution in [0.1, 0.15) is 21.1 Å². The molecule has 0 unspecified atom stereocenters. The second-order valence-corrected chi connectivity index (χ2v) is 5.97. The summed E-state index contributed by atoms with van der Waals surface area (Å²) >= 11 is 1.54. The quantitative estimate of drug-likeness (QED) is 0.880.